The van der Waals surface area contributed by atoms with Gasteiger partial charge in [0.1, 0.15) is 5.82 Å². The molecule has 7 nitrogen and oxygen atoms in total. The van der Waals surface area contributed by atoms with Gasteiger partial charge in [-0.1, -0.05) is 26.2 Å². The zero-order valence-corrected chi connectivity index (χ0v) is 24.4. The molecule has 1 saturated carbocycles. The molecule has 0 unspecified atom stereocenters. The van der Waals surface area contributed by atoms with Crippen molar-refractivity contribution >= 4 is 39.7 Å². The van der Waals surface area contributed by atoms with Gasteiger partial charge >= 0.3 is 0 Å². The highest BCUT2D eigenvalue weighted by atomic mass is 32.1. The Hall–Kier alpha value is -2.00. The maximum Gasteiger partial charge on any atom is 0.170 e. The fraction of sp³-hybridized carbons (Fsp3) is 0.667. The van der Waals surface area contributed by atoms with Crippen molar-refractivity contribution in [1.29, 1.82) is 0 Å². The number of aromatic nitrogens is 1. The van der Waals surface area contributed by atoms with E-state index in [1.807, 2.05) is 0 Å². The number of rotatable bonds is 8. The van der Waals surface area contributed by atoms with E-state index >= 15 is 0 Å². The van der Waals surface area contributed by atoms with Crippen LogP contribution in [0.1, 0.15) is 44.6 Å². The fourth-order valence-corrected chi connectivity index (χ4v) is 6.56. The van der Waals surface area contributed by atoms with Crippen LogP contribution in [0.2, 0.25) is 0 Å². The second-order valence-corrected chi connectivity index (χ2v) is 11.9. The molecule has 0 atom stereocenters. The summed E-state index contributed by atoms with van der Waals surface area (Å²) in [5.41, 5.74) is 3.32. The Morgan fingerprint density at radius 2 is 1.63 bits per heavy atom. The van der Waals surface area contributed by atoms with Crippen LogP contribution in [0.25, 0.3) is 10.9 Å². The molecule has 3 fully saturated rings. The maximum atomic E-state index is 5.62. The van der Waals surface area contributed by atoms with Crippen molar-refractivity contribution in [3.8, 4) is 0 Å². The Balaban J connectivity index is 1.05. The van der Waals surface area contributed by atoms with Crippen LogP contribution < -0.4 is 15.5 Å². The standard InChI is InChI=1S/C30H47N7S/c1-3-34-17-19-37(20-18-34)29-21-24(2)27-22-26(9-10-28(27)33-29)32-30(38)31-11-12-35-13-15-36(16-14-35)23-25-7-5-4-6-8-25/h9-10,21-22,25H,3-8,11-20,23H2,1-2H3,(H2,31,32,38). The van der Waals surface area contributed by atoms with Crippen LogP contribution in [0.4, 0.5) is 11.5 Å². The highest BCUT2D eigenvalue weighted by Crippen LogP contribution is 2.26. The van der Waals surface area contributed by atoms with Crippen LogP contribution in [-0.2, 0) is 0 Å². The van der Waals surface area contributed by atoms with E-state index < -0.39 is 0 Å². The number of anilines is 2. The van der Waals surface area contributed by atoms with E-state index in [-0.39, 0.29) is 0 Å². The molecular weight excluding hydrogens is 490 g/mol. The van der Waals surface area contributed by atoms with Crippen molar-refractivity contribution < 1.29 is 0 Å². The molecule has 8 heteroatoms. The summed E-state index contributed by atoms with van der Waals surface area (Å²) in [5.74, 6) is 2.04. The average Bonchev–Trinajstić information content (AvgIpc) is 2.95. The summed E-state index contributed by atoms with van der Waals surface area (Å²) in [6, 6.07) is 8.62. The van der Waals surface area contributed by atoms with Crippen LogP contribution >= 0.6 is 12.2 Å². The van der Waals surface area contributed by atoms with Crippen LogP contribution in [0.15, 0.2) is 24.3 Å². The van der Waals surface area contributed by atoms with E-state index in [1.54, 1.807) is 0 Å². The molecule has 3 aliphatic rings. The first-order chi connectivity index (χ1) is 18.6. The van der Waals surface area contributed by atoms with E-state index in [0.29, 0.717) is 5.11 Å². The minimum Gasteiger partial charge on any atom is -0.361 e. The number of nitrogens with zero attached hydrogens (tertiary/aromatic N) is 5. The van der Waals surface area contributed by atoms with Gasteiger partial charge in [-0.3, -0.25) is 4.90 Å². The Labute approximate surface area is 234 Å². The summed E-state index contributed by atoms with van der Waals surface area (Å²) in [4.78, 5) is 15.2. The molecule has 5 rings (SSSR count). The van der Waals surface area contributed by atoms with E-state index in [2.05, 4.69) is 68.3 Å². The highest BCUT2D eigenvalue weighted by molar-refractivity contribution is 7.80. The zero-order chi connectivity index (χ0) is 26.3. The maximum absolute atomic E-state index is 5.62. The molecule has 3 heterocycles. The second-order valence-electron chi connectivity index (χ2n) is 11.5. The third-order valence-corrected chi connectivity index (χ3v) is 9.07. The number of nitrogens with one attached hydrogen (secondary N) is 2. The minimum atomic E-state index is 0.691. The number of fused-ring (bicyclic) bond motifs is 1. The molecular formula is C30H47N7S. The van der Waals surface area contributed by atoms with Crippen LogP contribution in [0, 0.1) is 12.8 Å². The summed E-state index contributed by atoms with van der Waals surface area (Å²) in [5, 5.41) is 8.68. The third kappa shape index (κ3) is 7.34. The smallest absolute Gasteiger partial charge is 0.170 e. The lowest BCUT2D eigenvalue weighted by molar-refractivity contribution is 0.111. The first-order valence-electron chi connectivity index (χ1n) is 15.0. The summed E-state index contributed by atoms with van der Waals surface area (Å²) in [6.07, 6.45) is 7.22. The summed E-state index contributed by atoms with van der Waals surface area (Å²) < 4.78 is 0. The number of hydrogen-bond donors (Lipinski definition) is 2. The SMILES string of the molecule is CCN1CCN(c2cc(C)c3cc(NC(=S)NCCN4CCN(CC5CCCCC5)CC4)ccc3n2)CC1. The van der Waals surface area contributed by atoms with Gasteiger partial charge in [-0.05, 0) is 74.3 Å². The lowest BCUT2D eigenvalue weighted by Crippen LogP contribution is -2.49. The topological polar surface area (TPSA) is 49.9 Å². The van der Waals surface area contributed by atoms with Gasteiger partial charge in [0, 0.05) is 83.1 Å². The first kappa shape index (κ1) is 27.6. The van der Waals surface area contributed by atoms with Crippen LogP contribution in [0.5, 0.6) is 0 Å². The number of hydrogen-bond acceptors (Lipinski definition) is 6. The molecule has 1 aliphatic carbocycles. The van der Waals surface area contributed by atoms with Crippen LogP contribution in [0.3, 0.4) is 0 Å². The second kappa shape index (κ2) is 13.4. The van der Waals surface area contributed by atoms with Gasteiger partial charge in [0.2, 0.25) is 0 Å². The van der Waals surface area contributed by atoms with Gasteiger partial charge in [0.05, 0.1) is 5.52 Å². The average molecular weight is 538 g/mol. The summed E-state index contributed by atoms with van der Waals surface area (Å²) >= 11 is 5.62. The van der Waals surface area contributed by atoms with Gasteiger partial charge < -0.3 is 25.3 Å². The molecule has 208 valence electrons. The van der Waals surface area contributed by atoms with E-state index in [1.165, 1.54) is 75.8 Å². The van der Waals surface area contributed by atoms with Gasteiger partial charge in [0.15, 0.2) is 5.11 Å². The molecule has 1 aromatic carbocycles. The largest absolute Gasteiger partial charge is 0.361 e. The van der Waals surface area contributed by atoms with Gasteiger partial charge in [-0.25, -0.2) is 4.98 Å². The molecule has 2 saturated heterocycles. The van der Waals surface area contributed by atoms with Crippen molar-refractivity contribution in [1.82, 2.24) is 25.0 Å². The highest BCUT2D eigenvalue weighted by Gasteiger charge is 2.21. The number of thiocarbonyl (C=S) groups is 1. The number of piperazine rings is 2. The molecule has 2 aliphatic heterocycles. The van der Waals surface area contributed by atoms with Crippen LogP contribution in [-0.4, -0.2) is 103 Å². The molecule has 0 bridgehead atoms. The molecule has 2 aromatic rings. The molecule has 2 N–H and O–H groups in total. The first-order valence-corrected chi connectivity index (χ1v) is 15.4. The normalized spacial score (nSPS) is 20.6. The third-order valence-electron chi connectivity index (χ3n) is 8.82. The molecule has 1 aromatic heterocycles. The van der Waals surface area contributed by atoms with Crippen molar-refractivity contribution in [2.75, 3.05) is 88.8 Å². The lowest BCUT2D eigenvalue weighted by atomic mass is 9.89. The Kier molecular flexibility index (Phi) is 9.70. The van der Waals surface area contributed by atoms with Gasteiger partial charge in [0.25, 0.3) is 0 Å². The van der Waals surface area contributed by atoms with Crippen molar-refractivity contribution in [3.63, 3.8) is 0 Å². The number of likely N-dealkylation sites (N-methyl/N-ethyl adjacent to an activating group) is 1. The fourth-order valence-electron chi connectivity index (χ4n) is 6.34. The minimum absolute atomic E-state index is 0.691. The predicted molar refractivity (Wildman–Crippen MR) is 164 cm³/mol. The Bertz CT molecular complexity index is 1050. The zero-order valence-electron chi connectivity index (χ0n) is 23.6. The monoisotopic (exact) mass is 537 g/mol. The predicted octanol–water partition coefficient (Wildman–Crippen LogP) is 4.17. The van der Waals surface area contributed by atoms with Gasteiger partial charge in [-0.2, -0.15) is 0 Å². The van der Waals surface area contributed by atoms with Crippen molar-refractivity contribution in [3.05, 3.63) is 29.8 Å². The van der Waals surface area contributed by atoms with Crippen molar-refractivity contribution in [2.24, 2.45) is 5.92 Å². The lowest BCUT2D eigenvalue weighted by Gasteiger charge is -2.37. The quantitative estimate of drug-likeness (QED) is 0.487. The van der Waals surface area contributed by atoms with E-state index in [0.717, 1.165) is 68.8 Å². The Morgan fingerprint density at radius 1 is 0.921 bits per heavy atom. The molecule has 38 heavy (non-hydrogen) atoms. The van der Waals surface area contributed by atoms with E-state index in [4.69, 9.17) is 17.2 Å². The van der Waals surface area contributed by atoms with E-state index in [9.17, 15) is 0 Å². The molecule has 0 radical (unpaired) electrons. The van der Waals surface area contributed by atoms with Crippen molar-refractivity contribution in [2.45, 2.75) is 46.0 Å². The molecule has 0 spiro atoms. The Morgan fingerprint density at radius 3 is 2.37 bits per heavy atom. The summed E-state index contributed by atoms with van der Waals surface area (Å²) in [6.45, 7) is 17.8. The number of pyridine rings is 1. The number of benzene rings is 1. The molecule has 0 amide bonds. The van der Waals surface area contributed by atoms with Gasteiger partial charge in [-0.15, -0.1) is 0 Å². The number of aryl methyl sites for hydroxylation is 1. The summed E-state index contributed by atoms with van der Waals surface area (Å²) in [7, 11) is 0.